The first-order chi connectivity index (χ1) is 10.1. The standard InChI is InChI=1S/C15H15NO5/c1-15(18,13-3-2-6-19-13)8-16-14(17)10-4-5-11-12(7-10)21-9-20-11/h2-7,18H,8-9H2,1H3,(H,16,17)/t15-/m1/s1. The van der Waals surface area contributed by atoms with Crippen LogP contribution in [0.2, 0.25) is 0 Å². The summed E-state index contributed by atoms with van der Waals surface area (Å²) < 4.78 is 15.6. The number of ether oxygens (including phenoxy) is 2. The molecule has 1 atom stereocenters. The number of nitrogens with one attached hydrogen (secondary N) is 1. The quantitative estimate of drug-likeness (QED) is 0.894. The van der Waals surface area contributed by atoms with Gasteiger partial charge in [0.2, 0.25) is 6.79 Å². The van der Waals surface area contributed by atoms with Crippen molar-refractivity contribution in [3.63, 3.8) is 0 Å². The van der Waals surface area contributed by atoms with Gasteiger partial charge in [-0.15, -0.1) is 0 Å². The third kappa shape index (κ3) is 2.71. The van der Waals surface area contributed by atoms with Gasteiger partial charge in [-0.2, -0.15) is 0 Å². The Morgan fingerprint density at radius 1 is 1.33 bits per heavy atom. The average molecular weight is 289 g/mol. The van der Waals surface area contributed by atoms with Gasteiger partial charge in [-0.3, -0.25) is 4.79 Å². The highest BCUT2D eigenvalue weighted by atomic mass is 16.7. The van der Waals surface area contributed by atoms with Gasteiger partial charge in [-0.25, -0.2) is 0 Å². The van der Waals surface area contributed by atoms with E-state index in [2.05, 4.69) is 5.32 Å². The zero-order valence-electron chi connectivity index (χ0n) is 11.5. The minimum atomic E-state index is -1.27. The number of amides is 1. The van der Waals surface area contributed by atoms with Gasteiger partial charge in [-0.1, -0.05) is 0 Å². The summed E-state index contributed by atoms with van der Waals surface area (Å²) in [5.74, 6) is 1.25. The van der Waals surface area contributed by atoms with Crippen LogP contribution >= 0.6 is 0 Å². The summed E-state index contributed by atoms with van der Waals surface area (Å²) in [5.41, 5.74) is -0.829. The normalized spacial score (nSPS) is 15.5. The smallest absolute Gasteiger partial charge is 0.251 e. The molecule has 6 heteroatoms. The summed E-state index contributed by atoms with van der Waals surface area (Å²) >= 11 is 0. The van der Waals surface area contributed by atoms with Gasteiger partial charge in [0.05, 0.1) is 12.8 Å². The van der Waals surface area contributed by atoms with Crippen molar-refractivity contribution in [2.24, 2.45) is 0 Å². The second-order valence-electron chi connectivity index (χ2n) is 5.00. The Bertz CT molecular complexity index is 648. The van der Waals surface area contributed by atoms with Crippen LogP contribution in [0.4, 0.5) is 0 Å². The molecule has 0 spiro atoms. The molecule has 2 aromatic rings. The Labute approximate surface area is 121 Å². The molecule has 2 N–H and O–H groups in total. The highest BCUT2D eigenvalue weighted by Gasteiger charge is 2.27. The Kier molecular flexibility index (Phi) is 3.31. The lowest BCUT2D eigenvalue weighted by Gasteiger charge is -2.21. The molecule has 110 valence electrons. The van der Waals surface area contributed by atoms with E-state index in [1.165, 1.54) is 6.26 Å². The van der Waals surface area contributed by atoms with Crippen molar-refractivity contribution < 1.29 is 23.8 Å². The van der Waals surface area contributed by atoms with Crippen molar-refractivity contribution in [2.75, 3.05) is 13.3 Å². The number of hydrogen-bond donors (Lipinski definition) is 2. The maximum absolute atomic E-state index is 12.1. The first-order valence-electron chi connectivity index (χ1n) is 6.50. The molecule has 2 heterocycles. The second kappa shape index (κ2) is 5.14. The van der Waals surface area contributed by atoms with E-state index in [1.807, 2.05) is 0 Å². The van der Waals surface area contributed by atoms with Gasteiger partial charge >= 0.3 is 0 Å². The fourth-order valence-electron chi connectivity index (χ4n) is 2.06. The predicted molar refractivity (Wildman–Crippen MR) is 73.2 cm³/mol. The molecule has 6 nitrogen and oxygen atoms in total. The van der Waals surface area contributed by atoms with Crippen molar-refractivity contribution in [2.45, 2.75) is 12.5 Å². The number of furan rings is 1. The largest absolute Gasteiger partial charge is 0.466 e. The van der Waals surface area contributed by atoms with E-state index in [9.17, 15) is 9.90 Å². The van der Waals surface area contributed by atoms with Crippen LogP contribution in [0.15, 0.2) is 41.0 Å². The molecular weight excluding hydrogens is 274 g/mol. The monoisotopic (exact) mass is 289 g/mol. The van der Waals surface area contributed by atoms with E-state index in [4.69, 9.17) is 13.9 Å². The van der Waals surface area contributed by atoms with Crippen LogP contribution in [0, 0.1) is 0 Å². The number of carbonyl (C=O) groups excluding carboxylic acids is 1. The molecule has 0 bridgehead atoms. The molecular formula is C15H15NO5. The van der Waals surface area contributed by atoms with Crippen LogP contribution in [-0.4, -0.2) is 24.4 Å². The van der Waals surface area contributed by atoms with E-state index in [1.54, 1.807) is 37.3 Å². The summed E-state index contributed by atoms with van der Waals surface area (Å²) in [7, 11) is 0. The van der Waals surface area contributed by atoms with Crippen LogP contribution in [0.5, 0.6) is 11.5 Å². The highest BCUT2D eigenvalue weighted by molar-refractivity contribution is 5.95. The lowest BCUT2D eigenvalue weighted by Crippen LogP contribution is -2.38. The van der Waals surface area contributed by atoms with Crippen molar-refractivity contribution in [1.29, 1.82) is 0 Å². The molecule has 0 unspecified atom stereocenters. The minimum Gasteiger partial charge on any atom is -0.466 e. The van der Waals surface area contributed by atoms with E-state index in [0.717, 1.165) is 0 Å². The summed E-state index contributed by atoms with van der Waals surface area (Å²) in [4.78, 5) is 12.1. The van der Waals surface area contributed by atoms with Gasteiger partial charge in [0.1, 0.15) is 11.4 Å². The predicted octanol–water partition coefficient (Wildman–Crippen LogP) is 1.65. The molecule has 0 fully saturated rings. The summed E-state index contributed by atoms with van der Waals surface area (Å²) in [6.45, 7) is 1.77. The van der Waals surface area contributed by atoms with Crippen molar-refractivity contribution in [3.05, 3.63) is 47.9 Å². The van der Waals surface area contributed by atoms with Crippen molar-refractivity contribution >= 4 is 5.91 Å². The number of rotatable bonds is 4. The van der Waals surface area contributed by atoms with Crippen LogP contribution in [-0.2, 0) is 5.60 Å². The van der Waals surface area contributed by atoms with Crippen LogP contribution in [0.1, 0.15) is 23.0 Å². The molecule has 3 rings (SSSR count). The lowest BCUT2D eigenvalue weighted by atomic mass is 10.0. The molecule has 0 aliphatic carbocycles. The molecule has 1 aromatic carbocycles. The number of aliphatic hydroxyl groups is 1. The van der Waals surface area contributed by atoms with Crippen LogP contribution in [0.25, 0.3) is 0 Å². The van der Waals surface area contributed by atoms with Gasteiger partial charge in [0.25, 0.3) is 5.91 Å². The molecule has 0 saturated carbocycles. The van der Waals surface area contributed by atoms with Crippen molar-refractivity contribution in [3.8, 4) is 11.5 Å². The molecule has 0 saturated heterocycles. The Morgan fingerprint density at radius 2 is 2.14 bits per heavy atom. The Morgan fingerprint density at radius 3 is 2.90 bits per heavy atom. The zero-order chi connectivity index (χ0) is 14.9. The summed E-state index contributed by atoms with van der Waals surface area (Å²) in [6.07, 6.45) is 1.48. The number of hydrogen-bond acceptors (Lipinski definition) is 5. The number of fused-ring (bicyclic) bond motifs is 1. The topological polar surface area (TPSA) is 80.9 Å². The highest BCUT2D eigenvalue weighted by Crippen LogP contribution is 2.32. The van der Waals surface area contributed by atoms with Crippen molar-refractivity contribution in [1.82, 2.24) is 5.32 Å². The zero-order valence-corrected chi connectivity index (χ0v) is 11.5. The molecule has 21 heavy (non-hydrogen) atoms. The molecule has 1 aliphatic rings. The molecule has 1 aliphatic heterocycles. The van der Waals surface area contributed by atoms with Crippen LogP contribution in [0.3, 0.4) is 0 Å². The summed E-state index contributed by atoms with van der Waals surface area (Å²) in [6, 6.07) is 8.28. The average Bonchev–Trinajstić information content (AvgIpc) is 3.14. The number of benzene rings is 1. The minimum absolute atomic E-state index is 0.0355. The van der Waals surface area contributed by atoms with E-state index in [0.29, 0.717) is 22.8 Å². The molecule has 1 aromatic heterocycles. The first kappa shape index (κ1) is 13.5. The first-order valence-corrected chi connectivity index (χ1v) is 6.50. The Balaban J connectivity index is 1.67. The van der Waals surface area contributed by atoms with Gasteiger partial charge < -0.3 is 24.3 Å². The fraction of sp³-hybridized carbons (Fsp3) is 0.267. The van der Waals surface area contributed by atoms with Gasteiger partial charge in [0.15, 0.2) is 11.5 Å². The lowest BCUT2D eigenvalue weighted by molar-refractivity contribution is 0.0330. The van der Waals surface area contributed by atoms with Crippen LogP contribution < -0.4 is 14.8 Å². The number of carbonyl (C=O) groups is 1. The molecule has 1 amide bonds. The third-order valence-corrected chi connectivity index (χ3v) is 3.28. The van der Waals surface area contributed by atoms with E-state index >= 15 is 0 Å². The van der Waals surface area contributed by atoms with Gasteiger partial charge in [0, 0.05) is 5.56 Å². The SMILES string of the molecule is C[C@@](O)(CNC(=O)c1ccc2c(c1)OCO2)c1ccco1. The Hall–Kier alpha value is -2.47. The van der Waals surface area contributed by atoms with E-state index in [-0.39, 0.29) is 19.2 Å². The molecule has 0 radical (unpaired) electrons. The third-order valence-electron chi connectivity index (χ3n) is 3.28. The van der Waals surface area contributed by atoms with E-state index < -0.39 is 5.60 Å². The second-order valence-corrected chi connectivity index (χ2v) is 5.00. The maximum atomic E-state index is 12.1. The van der Waals surface area contributed by atoms with Gasteiger partial charge in [-0.05, 0) is 37.3 Å². The maximum Gasteiger partial charge on any atom is 0.251 e. The summed E-state index contributed by atoms with van der Waals surface area (Å²) in [5, 5.41) is 12.9. The fourth-order valence-corrected chi connectivity index (χ4v) is 2.06.